The summed E-state index contributed by atoms with van der Waals surface area (Å²) in [4.78, 5) is 19.7. The van der Waals surface area contributed by atoms with Gasteiger partial charge in [-0.05, 0) is 30.0 Å². The van der Waals surface area contributed by atoms with Crippen molar-refractivity contribution in [2.75, 3.05) is 18.8 Å². The molecule has 3 rings (SSSR count). The van der Waals surface area contributed by atoms with Crippen LogP contribution in [-0.4, -0.2) is 40.7 Å². The number of thioether (sulfide) groups is 1. The number of amides is 1. The maximum atomic E-state index is 12.8. The minimum absolute atomic E-state index is 0.0485. The summed E-state index contributed by atoms with van der Waals surface area (Å²) in [5.41, 5.74) is 0.795. The molecule has 0 aliphatic carbocycles. The summed E-state index contributed by atoms with van der Waals surface area (Å²) >= 11 is 1.71. The summed E-state index contributed by atoms with van der Waals surface area (Å²) in [6.45, 7) is 3.46. The minimum Gasteiger partial charge on any atom is -0.488 e. The third kappa shape index (κ3) is 3.85. The van der Waals surface area contributed by atoms with E-state index >= 15 is 0 Å². The van der Waals surface area contributed by atoms with Crippen LogP contribution in [0.25, 0.3) is 0 Å². The third-order valence-corrected chi connectivity index (χ3v) is 4.76. The van der Waals surface area contributed by atoms with Crippen molar-refractivity contribution in [3.63, 3.8) is 0 Å². The minimum atomic E-state index is 0.0485. The molecule has 1 atom stereocenters. The van der Waals surface area contributed by atoms with Gasteiger partial charge in [-0.1, -0.05) is 19.1 Å². The zero-order chi connectivity index (χ0) is 16.1. The molecule has 1 amide bonds. The van der Waals surface area contributed by atoms with Gasteiger partial charge < -0.3 is 9.64 Å². The summed E-state index contributed by atoms with van der Waals surface area (Å²) in [5.74, 6) is 1.86. The van der Waals surface area contributed by atoms with Crippen LogP contribution in [0.3, 0.4) is 0 Å². The Hall–Kier alpha value is -2.01. The predicted molar refractivity (Wildman–Crippen MR) is 92.0 cm³/mol. The lowest BCUT2D eigenvalue weighted by Gasteiger charge is -2.18. The van der Waals surface area contributed by atoms with Crippen molar-refractivity contribution in [1.82, 2.24) is 9.88 Å². The van der Waals surface area contributed by atoms with E-state index in [0.29, 0.717) is 6.54 Å². The highest BCUT2D eigenvalue weighted by atomic mass is 32.2. The number of ether oxygens (including phenoxy) is 1. The van der Waals surface area contributed by atoms with E-state index in [1.165, 1.54) is 0 Å². The lowest BCUT2D eigenvalue weighted by atomic mass is 10.2. The molecule has 0 saturated carbocycles. The van der Waals surface area contributed by atoms with Crippen LogP contribution in [0.4, 0.5) is 0 Å². The molecule has 1 aromatic heterocycles. The Morgan fingerprint density at radius 2 is 2.09 bits per heavy atom. The highest BCUT2D eigenvalue weighted by Crippen LogP contribution is 2.25. The summed E-state index contributed by atoms with van der Waals surface area (Å²) in [6, 6.07) is 11.5. The standard InChI is InChI=1S/C18H20N2O2S/c1-2-23-17-6-4-3-5-16(17)18(21)20-12-9-15(13-20)22-14-7-10-19-11-8-14/h3-8,10-11,15H,2,9,12-13H2,1H3/t15-/m1/s1. The van der Waals surface area contributed by atoms with Crippen molar-refractivity contribution in [2.45, 2.75) is 24.3 Å². The van der Waals surface area contributed by atoms with Crippen LogP contribution >= 0.6 is 11.8 Å². The normalized spacial score (nSPS) is 17.3. The molecule has 0 N–H and O–H groups in total. The average molecular weight is 328 g/mol. The Kier molecular flexibility index (Phi) is 5.18. The number of carbonyl (C=O) groups excluding carboxylic acids is 1. The monoisotopic (exact) mass is 328 g/mol. The zero-order valence-electron chi connectivity index (χ0n) is 13.1. The van der Waals surface area contributed by atoms with Crippen molar-refractivity contribution in [1.29, 1.82) is 0 Å². The Bertz CT molecular complexity index is 663. The molecule has 1 aromatic carbocycles. The van der Waals surface area contributed by atoms with Crippen LogP contribution in [0, 0.1) is 0 Å². The molecule has 1 saturated heterocycles. The van der Waals surface area contributed by atoms with Crippen molar-refractivity contribution < 1.29 is 9.53 Å². The molecular weight excluding hydrogens is 308 g/mol. The smallest absolute Gasteiger partial charge is 0.255 e. The van der Waals surface area contributed by atoms with Crippen LogP contribution in [-0.2, 0) is 0 Å². The number of nitrogens with zero attached hydrogens (tertiary/aromatic N) is 2. The van der Waals surface area contributed by atoms with Gasteiger partial charge in [-0.25, -0.2) is 0 Å². The van der Waals surface area contributed by atoms with E-state index in [1.54, 1.807) is 24.2 Å². The quantitative estimate of drug-likeness (QED) is 0.788. The molecule has 0 bridgehead atoms. The summed E-state index contributed by atoms with van der Waals surface area (Å²) in [7, 11) is 0. The van der Waals surface area contributed by atoms with Gasteiger partial charge in [-0.15, -0.1) is 11.8 Å². The van der Waals surface area contributed by atoms with Crippen LogP contribution in [0.2, 0.25) is 0 Å². The van der Waals surface area contributed by atoms with Crippen LogP contribution < -0.4 is 4.74 Å². The first kappa shape index (κ1) is 15.9. The Morgan fingerprint density at radius 3 is 2.87 bits per heavy atom. The fourth-order valence-electron chi connectivity index (χ4n) is 2.71. The largest absolute Gasteiger partial charge is 0.488 e. The number of likely N-dealkylation sites (tertiary alicyclic amines) is 1. The Morgan fingerprint density at radius 1 is 1.30 bits per heavy atom. The summed E-state index contributed by atoms with van der Waals surface area (Å²) in [6.07, 6.45) is 4.33. The molecule has 5 heteroatoms. The maximum absolute atomic E-state index is 12.8. The predicted octanol–water partition coefficient (Wildman–Crippen LogP) is 3.49. The van der Waals surface area contributed by atoms with Crippen LogP contribution in [0.5, 0.6) is 5.75 Å². The first-order chi connectivity index (χ1) is 11.3. The van der Waals surface area contributed by atoms with Crippen LogP contribution in [0.1, 0.15) is 23.7 Å². The highest BCUT2D eigenvalue weighted by molar-refractivity contribution is 7.99. The number of aromatic nitrogens is 1. The summed E-state index contributed by atoms with van der Waals surface area (Å²) < 4.78 is 5.93. The van der Waals surface area contributed by atoms with Gasteiger partial charge in [0.2, 0.25) is 0 Å². The lowest BCUT2D eigenvalue weighted by molar-refractivity contribution is 0.0769. The first-order valence-corrected chi connectivity index (χ1v) is 8.84. The number of hydrogen-bond donors (Lipinski definition) is 0. The van der Waals surface area contributed by atoms with Gasteiger partial charge in [0.25, 0.3) is 5.91 Å². The molecule has 1 fully saturated rings. The second kappa shape index (κ2) is 7.51. The second-order valence-corrected chi connectivity index (χ2v) is 6.70. The highest BCUT2D eigenvalue weighted by Gasteiger charge is 2.29. The van der Waals surface area contributed by atoms with E-state index in [2.05, 4.69) is 11.9 Å². The van der Waals surface area contributed by atoms with E-state index in [9.17, 15) is 4.79 Å². The molecule has 4 nitrogen and oxygen atoms in total. The van der Waals surface area contributed by atoms with E-state index in [1.807, 2.05) is 41.3 Å². The third-order valence-electron chi connectivity index (χ3n) is 3.80. The first-order valence-electron chi connectivity index (χ1n) is 7.85. The average Bonchev–Trinajstić information content (AvgIpc) is 3.04. The van der Waals surface area contributed by atoms with E-state index in [-0.39, 0.29) is 12.0 Å². The topological polar surface area (TPSA) is 42.4 Å². The maximum Gasteiger partial charge on any atom is 0.255 e. The number of benzene rings is 1. The van der Waals surface area contributed by atoms with E-state index in [0.717, 1.165) is 34.9 Å². The van der Waals surface area contributed by atoms with Gasteiger partial charge in [0.1, 0.15) is 11.9 Å². The molecule has 1 aliphatic rings. The summed E-state index contributed by atoms with van der Waals surface area (Å²) in [5, 5.41) is 0. The molecule has 0 radical (unpaired) electrons. The van der Waals surface area contributed by atoms with Gasteiger partial charge in [0.15, 0.2) is 0 Å². The number of hydrogen-bond acceptors (Lipinski definition) is 4. The zero-order valence-corrected chi connectivity index (χ0v) is 14.0. The van der Waals surface area contributed by atoms with E-state index in [4.69, 9.17) is 4.74 Å². The number of pyridine rings is 1. The van der Waals surface area contributed by atoms with Crippen molar-refractivity contribution in [2.24, 2.45) is 0 Å². The van der Waals surface area contributed by atoms with Crippen molar-refractivity contribution in [3.8, 4) is 5.75 Å². The molecular formula is C18H20N2O2S. The molecule has 120 valence electrons. The number of carbonyl (C=O) groups is 1. The lowest BCUT2D eigenvalue weighted by Crippen LogP contribution is -2.31. The molecule has 1 aliphatic heterocycles. The van der Waals surface area contributed by atoms with Crippen LogP contribution in [0.15, 0.2) is 53.7 Å². The van der Waals surface area contributed by atoms with Gasteiger partial charge in [-0.2, -0.15) is 0 Å². The van der Waals surface area contributed by atoms with Crippen molar-refractivity contribution in [3.05, 3.63) is 54.4 Å². The Labute approximate surface area is 140 Å². The second-order valence-electron chi connectivity index (χ2n) is 5.39. The Balaban J connectivity index is 1.66. The van der Waals surface area contributed by atoms with Gasteiger partial charge in [0, 0.05) is 30.3 Å². The van der Waals surface area contributed by atoms with E-state index < -0.39 is 0 Å². The molecule has 23 heavy (non-hydrogen) atoms. The SMILES string of the molecule is CCSc1ccccc1C(=O)N1CC[C@@H](Oc2ccncc2)C1. The molecule has 2 heterocycles. The fourth-order valence-corrected chi connectivity index (χ4v) is 3.51. The number of rotatable bonds is 5. The molecule has 0 unspecified atom stereocenters. The van der Waals surface area contributed by atoms with Gasteiger partial charge >= 0.3 is 0 Å². The van der Waals surface area contributed by atoms with Crippen molar-refractivity contribution >= 4 is 17.7 Å². The molecule has 2 aromatic rings. The van der Waals surface area contributed by atoms with Gasteiger partial charge in [0.05, 0.1) is 12.1 Å². The fraction of sp³-hybridized carbons (Fsp3) is 0.333. The van der Waals surface area contributed by atoms with Gasteiger partial charge in [-0.3, -0.25) is 9.78 Å². The molecule has 0 spiro atoms.